The molecule has 1 aromatic rings. The number of benzene rings is 1. The number of ether oxygens (including phenoxy) is 1. The van der Waals surface area contributed by atoms with Crippen molar-refractivity contribution < 1.29 is 14.6 Å². The van der Waals surface area contributed by atoms with Gasteiger partial charge in [-0.1, -0.05) is 6.07 Å². The van der Waals surface area contributed by atoms with Crippen molar-refractivity contribution >= 4 is 5.91 Å². The third-order valence-electron chi connectivity index (χ3n) is 3.46. The molecule has 1 aliphatic rings. The largest absolute Gasteiger partial charge is 0.504 e. The fraction of sp³-hybridized carbons (Fsp3) is 0.429. The van der Waals surface area contributed by atoms with Gasteiger partial charge in [0, 0.05) is 6.04 Å². The minimum Gasteiger partial charge on any atom is -0.504 e. The molecule has 0 spiro atoms. The monoisotopic (exact) mass is 260 g/mol. The molecule has 2 unspecified atom stereocenters. The Morgan fingerprint density at radius 3 is 3.00 bits per heavy atom. The third-order valence-corrected chi connectivity index (χ3v) is 3.46. The van der Waals surface area contributed by atoms with Crippen molar-refractivity contribution in [2.75, 3.05) is 7.11 Å². The van der Waals surface area contributed by atoms with Crippen LogP contribution in [0, 0.1) is 17.2 Å². The predicted octanol–water partition coefficient (Wildman–Crippen LogP) is 1.82. The average Bonchev–Trinajstić information content (AvgIpc) is 2.86. The van der Waals surface area contributed by atoms with Crippen LogP contribution < -0.4 is 10.1 Å². The van der Waals surface area contributed by atoms with E-state index in [1.54, 1.807) is 12.1 Å². The smallest absolute Gasteiger partial charge is 0.255 e. The number of phenols is 1. The van der Waals surface area contributed by atoms with Gasteiger partial charge in [-0.2, -0.15) is 5.26 Å². The molecule has 1 amide bonds. The molecule has 5 nitrogen and oxygen atoms in total. The SMILES string of the molecule is COc1cccc(C(=O)NC2CCCC2C#N)c1O. The fourth-order valence-electron chi connectivity index (χ4n) is 2.40. The first-order chi connectivity index (χ1) is 9.17. The van der Waals surface area contributed by atoms with Gasteiger partial charge in [-0.3, -0.25) is 4.79 Å². The summed E-state index contributed by atoms with van der Waals surface area (Å²) in [5.41, 5.74) is 0.169. The Morgan fingerprint density at radius 2 is 2.32 bits per heavy atom. The van der Waals surface area contributed by atoms with Gasteiger partial charge >= 0.3 is 0 Å². The molecule has 1 fully saturated rings. The molecule has 2 rings (SSSR count). The molecular weight excluding hydrogens is 244 g/mol. The first-order valence-corrected chi connectivity index (χ1v) is 6.23. The summed E-state index contributed by atoms with van der Waals surface area (Å²) in [5.74, 6) is -0.426. The molecule has 0 bridgehead atoms. The normalized spacial score (nSPS) is 21.7. The lowest BCUT2D eigenvalue weighted by atomic mass is 10.0. The average molecular weight is 260 g/mol. The van der Waals surface area contributed by atoms with Crippen molar-refractivity contribution in [3.63, 3.8) is 0 Å². The zero-order valence-corrected chi connectivity index (χ0v) is 10.7. The Balaban J connectivity index is 2.15. The van der Waals surface area contributed by atoms with Gasteiger partial charge in [0.15, 0.2) is 11.5 Å². The van der Waals surface area contributed by atoms with Crippen molar-refractivity contribution in [1.82, 2.24) is 5.32 Å². The minimum absolute atomic E-state index is 0.136. The lowest BCUT2D eigenvalue weighted by Crippen LogP contribution is -2.36. The van der Waals surface area contributed by atoms with Crippen molar-refractivity contribution in [1.29, 1.82) is 5.26 Å². The second-order valence-corrected chi connectivity index (χ2v) is 4.60. The van der Waals surface area contributed by atoms with E-state index in [1.807, 2.05) is 0 Å². The van der Waals surface area contributed by atoms with Crippen LogP contribution in [-0.2, 0) is 0 Å². The molecule has 100 valence electrons. The first-order valence-electron chi connectivity index (χ1n) is 6.23. The second kappa shape index (κ2) is 5.61. The summed E-state index contributed by atoms with van der Waals surface area (Å²) >= 11 is 0. The van der Waals surface area contributed by atoms with Crippen LogP contribution in [-0.4, -0.2) is 24.2 Å². The summed E-state index contributed by atoms with van der Waals surface area (Å²) in [6.07, 6.45) is 2.55. The molecule has 1 aromatic carbocycles. The van der Waals surface area contributed by atoms with E-state index in [9.17, 15) is 9.90 Å². The van der Waals surface area contributed by atoms with Gasteiger partial charge < -0.3 is 15.2 Å². The van der Waals surface area contributed by atoms with E-state index in [4.69, 9.17) is 10.00 Å². The van der Waals surface area contributed by atoms with Crippen LogP contribution in [0.2, 0.25) is 0 Å². The quantitative estimate of drug-likeness (QED) is 0.868. The molecule has 0 saturated heterocycles. The number of aromatic hydroxyl groups is 1. The lowest BCUT2D eigenvalue weighted by molar-refractivity contribution is 0.0929. The fourth-order valence-corrected chi connectivity index (χ4v) is 2.40. The Morgan fingerprint density at radius 1 is 1.53 bits per heavy atom. The second-order valence-electron chi connectivity index (χ2n) is 4.60. The summed E-state index contributed by atoms with van der Waals surface area (Å²) < 4.78 is 4.97. The third kappa shape index (κ3) is 2.63. The number of carbonyl (C=O) groups is 1. The molecule has 0 heterocycles. The van der Waals surface area contributed by atoms with Crippen molar-refractivity contribution in [3.8, 4) is 17.6 Å². The zero-order chi connectivity index (χ0) is 13.8. The highest BCUT2D eigenvalue weighted by Gasteiger charge is 2.29. The van der Waals surface area contributed by atoms with E-state index in [1.165, 1.54) is 13.2 Å². The number of hydrogen-bond acceptors (Lipinski definition) is 4. The molecule has 0 aromatic heterocycles. The number of amides is 1. The number of nitrogens with zero attached hydrogens (tertiary/aromatic N) is 1. The Bertz CT molecular complexity index is 522. The van der Waals surface area contributed by atoms with Crippen LogP contribution in [0.25, 0.3) is 0 Å². The molecule has 19 heavy (non-hydrogen) atoms. The van der Waals surface area contributed by atoms with Gasteiger partial charge in [-0.25, -0.2) is 0 Å². The summed E-state index contributed by atoms with van der Waals surface area (Å²) in [6, 6.07) is 6.83. The van der Waals surface area contributed by atoms with E-state index in [-0.39, 0.29) is 34.9 Å². The molecule has 1 saturated carbocycles. The van der Waals surface area contributed by atoms with Crippen LogP contribution in [0.15, 0.2) is 18.2 Å². The highest BCUT2D eigenvalue weighted by Crippen LogP contribution is 2.30. The Hall–Kier alpha value is -2.22. The highest BCUT2D eigenvalue weighted by atomic mass is 16.5. The predicted molar refractivity (Wildman–Crippen MR) is 68.9 cm³/mol. The van der Waals surface area contributed by atoms with E-state index in [0.717, 1.165) is 19.3 Å². The van der Waals surface area contributed by atoms with Gasteiger partial charge in [0.2, 0.25) is 0 Å². The van der Waals surface area contributed by atoms with Gasteiger partial charge in [0.25, 0.3) is 5.91 Å². The minimum atomic E-state index is -0.372. The van der Waals surface area contributed by atoms with E-state index >= 15 is 0 Å². The Labute approximate surface area is 111 Å². The summed E-state index contributed by atoms with van der Waals surface area (Å²) in [7, 11) is 1.43. The van der Waals surface area contributed by atoms with Gasteiger partial charge in [0.05, 0.1) is 24.7 Å². The van der Waals surface area contributed by atoms with E-state index in [2.05, 4.69) is 11.4 Å². The van der Waals surface area contributed by atoms with Crippen LogP contribution in [0.1, 0.15) is 29.6 Å². The standard InChI is InChI=1S/C14H16N2O3/c1-19-12-7-3-5-10(13(12)17)14(18)16-11-6-2-4-9(11)8-15/h3,5,7,9,11,17H,2,4,6H2,1H3,(H,16,18). The van der Waals surface area contributed by atoms with E-state index < -0.39 is 0 Å². The van der Waals surface area contributed by atoms with E-state index in [0.29, 0.717) is 0 Å². The molecule has 2 N–H and O–H groups in total. The maximum Gasteiger partial charge on any atom is 0.255 e. The number of nitrogens with one attached hydrogen (secondary N) is 1. The lowest BCUT2D eigenvalue weighted by Gasteiger charge is -2.16. The molecule has 1 aliphatic carbocycles. The van der Waals surface area contributed by atoms with Crippen molar-refractivity contribution in [2.24, 2.45) is 5.92 Å². The number of carbonyl (C=O) groups excluding carboxylic acids is 1. The summed E-state index contributed by atoms with van der Waals surface area (Å²) in [6.45, 7) is 0. The maximum absolute atomic E-state index is 12.1. The Kier molecular flexibility index (Phi) is 3.91. The van der Waals surface area contributed by atoms with Gasteiger partial charge in [-0.05, 0) is 31.4 Å². The molecular formula is C14H16N2O3. The van der Waals surface area contributed by atoms with Crippen molar-refractivity contribution in [3.05, 3.63) is 23.8 Å². The molecule has 2 atom stereocenters. The van der Waals surface area contributed by atoms with Crippen LogP contribution in [0.3, 0.4) is 0 Å². The molecule has 0 radical (unpaired) electrons. The molecule has 5 heteroatoms. The molecule has 0 aliphatic heterocycles. The number of nitriles is 1. The topological polar surface area (TPSA) is 82.3 Å². The van der Waals surface area contributed by atoms with Crippen LogP contribution >= 0.6 is 0 Å². The number of methoxy groups -OCH3 is 1. The number of para-hydroxylation sites is 1. The maximum atomic E-state index is 12.1. The van der Waals surface area contributed by atoms with Crippen molar-refractivity contribution in [2.45, 2.75) is 25.3 Å². The highest BCUT2D eigenvalue weighted by molar-refractivity contribution is 5.97. The number of phenolic OH excluding ortho intramolecular Hbond substituents is 1. The van der Waals surface area contributed by atoms with Crippen LogP contribution in [0.4, 0.5) is 0 Å². The van der Waals surface area contributed by atoms with Gasteiger partial charge in [0.1, 0.15) is 0 Å². The summed E-state index contributed by atoms with van der Waals surface area (Å²) in [4.78, 5) is 12.1. The number of hydrogen-bond donors (Lipinski definition) is 2. The van der Waals surface area contributed by atoms with Crippen LogP contribution in [0.5, 0.6) is 11.5 Å². The van der Waals surface area contributed by atoms with Gasteiger partial charge in [-0.15, -0.1) is 0 Å². The summed E-state index contributed by atoms with van der Waals surface area (Å²) in [5, 5.41) is 21.7. The zero-order valence-electron chi connectivity index (χ0n) is 10.7. The first kappa shape index (κ1) is 13.2. The number of rotatable bonds is 3.